The molecule has 0 bridgehead atoms. The molecule has 0 unspecified atom stereocenters. The van der Waals surface area contributed by atoms with Crippen molar-refractivity contribution in [2.75, 3.05) is 26.7 Å². The number of carbonyl (C=O) groups is 1. The second-order valence-electron chi connectivity index (χ2n) is 6.42. The standard InChI is InChI=1S/C19H24FN3O2.ClH/c1-25-17-5-8-22(9-6-17)19(24)16-2-3-18-15(10-16)4-7-23(18)13-14(11-20)12-21;/h2-4,7,10-11,17H,5-6,8-9,12-13,21H2,1H3;1H/b14-11+;. The lowest BCUT2D eigenvalue weighted by atomic mass is 10.1. The third-order valence-corrected chi connectivity index (χ3v) is 4.87. The zero-order chi connectivity index (χ0) is 17.8. The lowest BCUT2D eigenvalue weighted by Gasteiger charge is -2.31. The van der Waals surface area contributed by atoms with Crippen LogP contribution in [0.4, 0.5) is 4.39 Å². The molecule has 0 saturated carbocycles. The van der Waals surface area contributed by atoms with Crippen molar-refractivity contribution < 1.29 is 13.9 Å². The number of benzene rings is 1. The molecule has 0 spiro atoms. The molecule has 0 radical (unpaired) electrons. The van der Waals surface area contributed by atoms with Crippen molar-refractivity contribution in [3.8, 4) is 0 Å². The van der Waals surface area contributed by atoms with E-state index in [0.29, 0.717) is 24.0 Å². The maximum atomic E-state index is 12.8. The van der Waals surface area contributed by atoms with E-state index in [1.165, 1.54) is 0 Å². The number of nitrogens with zero attached hydrogens (tertiary/aromatic N) is 2. The van der Waals surface area contributed by atoms with E-state index in [0.717, 1.165) is 36.8 Å². The Labute approximate surface area is 159 Å². The summed E-state index contributed by atoms with van der Waals surface area (Å²) in [4.78, 5) is 14.6. The van der Waals surface area contributed by atoms with E-state index in [-0.39, 0.29) is 31.0 Å². The predicted molar refractivity (Wildman–Crippen MR) is 103 cm³/mol. The molecule has 26 heavy (non-hydrogen) atoms. The SMILES string of the molecule is COC1CCN(C(=O)c2ccc3c(ccn3C/C(=C/F)CN)c2)CC1.Cl. The summed E-state index contributed by atoms with van der Waals surface area (Å²) in [7, 11) is 1.72. The molecule has 5 nitrogen and oxygen atoms in total. The van der Waals surface area contributed by atoms with Gasteiger partial charge in [0.1, 0.15) is 0 Å². The van der Waals surface area contributed by atoms with Gasteiger partial charge in [0, 0.05) is 56.0 Å². The molecule has 142 valence electrons. The van der Waals surface area contributed by atoms with Crippen molar-refractivity contribution in [2.45, 2.75) is 25.5 Å². The normalized spacial score (nSPS) is 16.0. The van der Waals surface area contributed by atoms with Gasteiger partial charge in [-0.25, -0.2) is 4.39 Å². The van der Waals surface area contributed by atoms with Gasteiger partial charge in [0.15, 0.2) is 0 Å². The third kappa shape index (κ3) is 4.26. The molecule has 2 N–H and O–H groups in total. The minimum absolute atomic E-state index is 0. The summed E-state index contributed by atoms with van der Waals surface area (Å²) in [6.07, 6.45) is 4.45. The van der Waals surface area contributed by atoms with Crippen LogP contribution in [-0.4, -0.2) is 48.2 Å². The first-order valence-corrected chi connectivity index (χ1v) is 8.55. The highest BCUT2D eigenvalue weighted by atomic mass is 35.5. The number of methoxy groups -OCH3 is 1. The van der Waals surface area contributed by atoms with Crippen molar-refractivity contribution in [1.29, 1.82) is 0 Å². The fraction of sp³-hybridized carbons (Fsp3) is 0.421. The molecule has 1 aliphatic heterocycles. The van der Waals surface area contributed by atoms with E-state index in [9.17, 15) is 9.18 Å². The molecule has 1 aromatic heterocycles. The van der Waals surface area contributed by atoms with E-state index in [1.54, 1.807) is 7.11 Å². The minimum atomic E-state index is 0. The zero-order valence-corrected chi connectivity index (χ0v) is 15.7. The summed E-state index contributed by atoms with van der Waals surface area (Å²) in [5.41, 5.74) is 7.70. The summed E-state index contributed by atoms with van der Waals surface area (Å²) in [5.74, 6) is 0.0514. The van der Waals surface area contributed by atoms with Crippen molar-refractivity contribution in [3.05, 3.63) is 47.9 Å². The van der Waals surface area contributed by atoms with Crippen molar-refractivity contribution in [1.82, 2.24) is 9.47 Å². The Balaban J connectivity index is 0.00000243. The molecule has 1 aromatic carbocycles. The summed E-state index contributed by atoms with van der Waals surface area (Å²) in [6, 6.07) is 7.59. The van der Waals surface area contributed by atoms with Crippen LogP contribution in [0.2, 0.25) is 0 Å². The molecule has 1 amide bonds. The number of piperidine rings is 1. The van der Waals surface area contributed by atoms with E-state index in [4.69, 9.17) is 10.5 Å². The van der Waals surface area contributed by atoms with Gasteiger partial charge in [-0.1, -0.05) is 0 Å². The average molecular weight is 382 g/mol. The maximum absolute atomic E-state index is 12.8. The quantitative estimate of drug-likeness (QED) is 0.865. The first kappa shape index (κ1) is 20.4. The second kappa shape index (κ2) is 9.16. The Bertz CT molecular complexity index is 782. The Morgan fingerprint density at radius 1 is 1.35 bits per heavy atom. The molecular weight excluding hydrogens is 357 g/mol. The number of fused-ring (bicyclic) bond motifs is 1. The van der Waals surface area contributed by atoms with Crippen LogP contribution < -0.4 is 5.73 Å². The van der Waals surface area contributed by atoms with E-state index in [1.807, 2.05) is 39.9 Å². The zero-order valence-electron chi connectivity index (χ0n) is 14.9. The largest absolute Gasteiger partial charge is 0.381 e. The topological polar surface area (TPSA) is 60.5 Å². The highest BCUT2D eigenvalue weighted by Crippen LogP contribution is 2.21. The van der Waals surface area contributed by atoms with Crippen LogP contribution in [0.5, 0.6) is 0 Å². The Hall–Kier alpha value is -1.89. The maximum Gasteiger partial charge on any atom is 0.253 e. The smallest absolute Gasteiger partial charge is 0.253 e. The van der Waals surface area contributed by atoms with Gasteiger partial charge in [-0.15, -0.1) is 12.4 Å². The molecular formula is C19H25ClFN3O2. The van der Waals surface area contributed by atoms with Gasteiger partial charge in [-0.3, -0.25) is 4.79 Å². The number of amides is 1. The van der Waals surface area contributed by atoms with Crippen LogP contribution >= 0.6 is 12.4 Å². The van der Waals surface area contributed by atoms with Crippen LogP contribution in [0.15, 0.2) is 42.4 Å². The Morgan fingerprint density at radius 3 is 2.69 bits per heavy atom. The van der Waals surface area contributed by atoms with Gasteiger partial charge in [0.05, 0.1) is 12.4 Å². The number of halogens is 2. The monoisotopic (exact) mass is 381 g/mol. The van der Waals surface area contributed by atoms with E-state index >= 15 is 0 Å². The van der Waals surface area contributed by atoms with Gasteiger partial charge in [0.25, 0.3) is 5.91 Å². The van der Waals surface area contributed by atoms with E-state index in [2.05, 4.69) is 0 Å². The average Bonchev–Trinajstić information content (AvgIpc) is 3.07. The third-order valence-electron chi connectivity index (χ3n) is 4.87. The van der Waals surface area contributed by atoms with Crippen LogP contribution in [0, 0.1) is 0 Å². The molecule has 2 aromatic rings. The predicted octanol–water partition coefficient (Wildman–Crippen LogP) is 3.13. The lowest BCUT2D eigenvalue weighted by molar-refractivity contribution is 0.0351. The number of ether oxygens (including phenoxy) is 1. The van der Waals surface area contributed by atoms with Crippen molar-refractivity contribution in [3.63, 3.8) is 0 Å². The molecule has 0 atom stereocenters. The highest BCUT2D eigenvalue weighted by Gasteiger charge is 2.23. The van der Waals surface area contributed by atoms with Crippen molar-refractivity contribution in [2.24, 2.45) is 5.73 Å². The number of carbonyl (C=O) groups excluding carboxylic acids is 1. The number of hydrogen-bond acceptors (Lipinski definition) is 3. The molecule has 7 heteroatoms. The van der Waals surface area contributed by atoms with E-state index < -0.39 is 0 Å². The summed E-state index contributed by atoms with van der Waals surface area (Å²) >= 11 is 0. The molecule has 1 saturated heterocycles. The molecule has 1 fully saturated rings. The number of aromatic nitrogens is 1. The second-order valence-corrected chi connectivity index (χ2v) is 6.42. The van der Waals surface area contributed by atoms with Gasteiger partial charge in [-0.2, -0.15) is 0 Å². The lowest BCUT2D eigenvalue weighted by Crippen LogP contribution is -2.40. The van der Waals surface area contributed by atoms with Gasteiger partial charge in [0.2, 0.25) is 0 Å². The first-order valence-electron chi connectivity index (χ1n) is 8.55. The highest BCUT2D eigenvalue weighted by molar-refractivity contribution is 5.98. The molecule has 2 heterocycles. The summed E-state index contributed by atoms with van der Waals surface area (Å²) in [6.45, 7) is 2.04. The van der Waals surface area contributed by atoms with Crippen LogP contribution in [0.25, 0.3) is 10.9 Å². The Kier molecular flexibility index (Phi) is 7.20. The van der Waals surface area contributed by atoms with Crippen molar-refractivity contribution >= 4 is 29.2 Å². The molecule has 1 aliphatic rings. The number of rotatable bonds is 5. The fourth-order valence-electron chi connectivity index (χ4n) is 3.31. The first-order chi connectivity index (χ1) is 12.2. The Morgan fingerprint density at radius 2 is 2.08 bits per heavy atom. The fourth-order valence-corrected chi connectivity index (χ4v) is 3.31. The van der Waals surface area contributed by atoms with Gasteiger partial charge in [-0.05, 0) is 42.7 Å². The van der Waals surface area contributed by atoms with Crippen LogP contribution in [-0.2, 0) is 11.3 Å². The van der Waals surface area contributed by atoms with Gasteiger partial charge < -0.3 is 19.9 Å². The van der Waals surface area contributed by atoms with Crippen LogP contribution in [0.1, 0.15) is 23.2 Å². The molecule has 3 rings (SSSR count). The molecule has 0 aliphatic carbocycles. The summed E-state index contributed by atoms with van der Waals surface area (Å²) in [5, 5.41) is 0.966. The number of likely N-dealkylation sites (tertiary alicyclic amines) is 1. The number of nitrogens with two attached hydrogens (primary N) is 1. The number of hydrogen-bond donors (Lipinski definition) is 1. The minimum Gasteiger partial charge on any atom is -0.381 e. The van der Waals surface area contributed by atoms with Crippen LogP contribution in [0.3, 0.4) is 0 Å². The van der Waals surface area contributed by atoms with Gasteiger partial charge >= 0.3 is 0 Å². The summed E-state index contributed by atoms with van der Waals surface area (Å²) < 4.78 is 20.1.